The third-order valence-electron chi connectivity index (χ3n) is 4.28. The standard InChI is InChI=1S/C19H18ClN5O3/c1-11-5-4-6-14(12(11)2)23-18-17(25(26)27)19(22-10-21-18)24-15-9-13(20)7-8-16(15)28-3/h4-10H,1-3H3,(H2,21,22,23,24). The maximum absolute atomic E-state index is 11.8. The minimum Gasteiger partial charge on any atom is -0.495 e. The van der Waals surface area contributed by atoms with Gasteiger partial charge in [0, 0.05) is 10.7 Å². The van der Waals surface area contributed by atoms with Gasteiger partial charge < -0.3 is 15.4 Å². The Balaban J connectivity index is 2.04. The molecule has 2 N–H and O–H groups in total. The zero-order valence-corrected chi connectivity index (χ0v) is 16.2. The van der Waals surface area contributed by atoms with Crippen LogP contribution in [0, 0.1) is 24.0 Å². The van der Waals surface area contributed by atoms with Crippen molar-refractivity contribution in [3.8, 4) is 5.75 Å². The second kappa shape index (κ2) is 8.10. The Bertz CT molecular complexity index is 1040. The number of aromatic nitrogens is 2. The number of halogens is 1. The van der Waals surface area contributed by atoms with E-state index in [0.29, 0.717) is 16.5 Å². The van der Waals surface area contributed by atoms with Crippen LogP contribution in [0.1, 0.15) is 11.1 Å². The molecule has 0 aliphatic rings. The van der Waals surface area contributed by atoms with Crippen molar-refractivity contribution < 1.29 is 9.66 Å². The normalized spacial score (nSPS) is 10.4. The molecule has 9 heteroatoms. The Hall–Kier alpha value is -3.39. The summed E-state index contributed by atoms with van der Waals surface area (Å²) >= 11 is 6.04. The third kappa shape index (κ3) is 3.96. The molecule has 0 aliphatic heterocycles. The van der Waals surface area contributed by atoms with E-state index in [0.717, 1.165) is 16.8 Å². The maximum Gasteiger partial charge on any atom is 0.353 e. The first kappa shape index (κ1) is 19.4. The molecule has 144 valence electrons. The van der Waals surface area contributed by atoms with Gasteiger partial charge in [0.15, 0.2) is 0 Å². The molecule has 0 spiro atoms. The summed E-state index contributed by atoms with van der Waals surface area (Å²) in [7, 11) is 1.50. The first-order valence-electron chi connectivity index (χ1n) is 8.34. The quantitative estimate of drug-likeness (QED) is 0.436. The predicted molar refractivity (Wildman–Crippen MR) is 109 cm³/mol. The van der Waals surface area contributed by atoms with E-state index in [1.165, 1.54) is 13.4 Å². The van der Waals surface area contributed by atoms with Crippen LogP contribution < -0.4 is 15.4 Å². The van der Waals surface area contributed by atoms with Gasteiger partial charge in [-0.05, 0) is 49.2 Å². The lowest BCUT2D eigenvalue weighted by Crippen LogP contribution is -2.06. The summed E-state index contributed by atoms with van der Waals surface area (Å²) in [5, 5.41) is 18.2. The van der Waals surface area contributed by atoms with E-state index in [2.05, 4.69) is 20.6 Å². The summed E-state index contributed by atoms with van der Waals surface area (Å²) in [4.78, 5) is 19.4. The zero-order chi connectivity index (χ0) is 20.3. The second-order valence-corrected chi connectivity index (χ2v) is 6.46. The van der Waals surface area contributed by atoms with Crippen molar-refractivity contribution in [1.29, 1.82) is 0 Å². The number of nitrogens with one attached hydrogen (secondary N) is 2. The van der Waals surface area contributed by atoms with Gasteiger partial charge in [-0.3, -0.25) is 10.1 Å². The number of methoxy groups -OCH3 is 1. The van der Waals surface area contributed by atoms with E-state index in [4.69, 9.17) is 16.3 Å². The Morgan fingerprint density at radius 2 is 1.75 bits per heavy atom. The molecule has 3 aromatic rings. The molecule has 0 unspecified atom stereocenters. The lowest BCUT2D eigenvalue weighted by molar-refractivity contribution is -0.383. The number of ether oxygens (including phenoxy) is 1. The lowest BCUT2D eigenvalue weighted by atomic mass is 10.1. The van der Waals surface area contributed by atoms with Crippen LogP contribution >= 0.6 is 11.6 Å². The summed E-state index contributed by atoms with van der Waals surface area (Å²) in [5.74, 6) is 0.576. The predicted octanol–water partition coefficient (Wildman–Crippen LogP) is 5.15. The van der Waals surface area contributed by atoms with E-state index in [9.17, 15) is 10.1 Å². The molecule has 2 aromatic carbocycles. The van der Waals surface area contributed by atoms with Crippen molar-refractivity contribution in [2.24, 2.45) is 0 Å². The summed E-state index contributed by atoms with van der Waals surface area (Å²) in [5.41, 5.74) is 2.93. The monoisotopic (exact) mass is 399 g/mol. The van der Waals surface area contributed by atoms with Gasteiger partial charge in [0.1, 0.15) is 12.1 Å². The number of benzene rings is 2. The maximum atomic E-state index is 11.8. The average molecular weight is 400 g/mol. The molecular formula is C19H18ClN5O3. The van der Waals surface area contributed by atoms with E-state index >= 15 is 0 Å². The van der Waals surface area contributed by atoms with Crippen LogP contribution in [0.2, 0.25) is 5.02 Å². The Labute approximate surface area is 166 Å². The first-order valence-corrected chi connectivity index (χ1v) is 8.71. The van der Waals surface area contributed by atoms with Crippen LogP contribution in [0.5, 0.6) is 5.75 Å². The van der Waals surface area contributed by atoms with Gasteiger partial charge in [0.2, 0.25) is 11.6 Å². The molecule has 1 heterocycles. The molecule has 0 amide bonds. The van der Waals surface area contributed by atoms with E-state index in [1.54, 1.807) is 18.2 Å². The van der Waals surface area contributed by atoms with Crippen LogP contribution in [-0.4, -0.2) is 22.0 Å². The molecule has 3 rings (SSSR count). The van der Waals surface area contributed by atoms with Crippen molar-refractivity contribution in [2.75, 3.05) is 17.7 Å². The summed E-state index contributed by atoms with van der Waals surface area (Å²) in [6, 6.07) is 10.6. The Morgan fingerprint density at radius 3 is 2.39 bits per heavy atom. The molecule has 0 fully saturated rings. The highest BCUT2D eigenvalue weighted by molar-refractivity contribution is 6.31. The fourth-order valence-corrected chi connectivity index (χ4v) is 2.83. The molecule has 0 radical (unpaired) electrons. The number of rotatable bonds is 6. The van der Waals surface area contributed by atoms with E-state index in [1.807, 2.05) is 32.0 Å². The second-order valence-electron chi connectivity index (χ2n) is 6.02. The summed E-state index contributed by atoms with van der Waals surface area (Å²) < 4.78 is 5.28. The van der Waals surface area contributed by atoms with Crippen molar-refractivity contribution in [3.63, 3.8) is 0 Å². The number of nitro groups is 1. The fourth-order valence-electron chi connectivity index (χ4n) is 2.65. The Morgan fingerprint density at radius 1 is 1.07 bits per heavy atom. The number of hydrogen-bond acceptors (Lipinski definition) is 7. The van der Waals surface area contributed by atoms with Gasteiger partial charge in [-0.25, -0.2) is 9.97 Å². The van der Waals surface area contributed by atoms with Crippen LogP contribution in [0.25, 0.3) is 0 Å². The molecule has 0 bridgehead atoms. The summed E-state index contributed by atoms with van der Waals surface area (Å²) in [6.07, 6.45) is 1.25. The van der Waals surface area contributed by atoms with E-state index in [-0.39, 0.29) is 17.3 Å². The van der Waals surface area contributed by atoms with Crippen LogP contribution in [0.4, 0.5) is 28.7 Å². The largest absolute Gasteiger partial charge is 0.495 e. The molecular weight excluding hydrogens is 382 g/mol. The van der Waals surface area contributed by atoms with Crippen molar-refractivity contribution in [1.82, 2.24) is 9.97 Å². The van der Waals surface area contributed by atoms with Crippen molar-refractivity contribution >= 4 is 40.3 Å². The number of anilines is 4. The molecule has 8 nitrogen and oxygen atoms in total. The van der Waals surface area contributed by atoms with Crippen LogP contribution in [-0.2, 0) is 0 Å². The van der Waals surface area contributed by atoms with Crippen molar-refractivity contribution in [3.05, 3.63) is 69.0 Å². The van der Waals surface area contributed by atoms with Gasteiger partial charge in [-0.2, -0.15) is 0 Å². The fraction of sp³-hybridized carbons (Fsp3) is 0.158. The van der Waals surface area contributed by atoms with Gasteiger partial charge in [-0.1, -0.05) is 23.7 Å². The molecule has 0 aliphatic carbocycles. The Kier molecular flexibility index (Phi) is 5.60. The number of nitrogens with zero attached hydrogens (tertiary/aromatic N) is 3. The van der Waals surface area contributed by atoms with E-state index < -0.39 is 4.92 Å². The van der Waals surface area contributed by atoms with Crippen molar-refractivity contribution in [2.45, 2.75) is 13.8 Å². The number of hydrogen-bond donors (Lipinski definition) is 2. The summed E-state index contributed by atoms with van der Waals surface area (Å²) in [6.45, 7) is 3.90. The highest BCUT2D eigenvalue weighted by atomic mass is 35.5. The minimum atomic E-state index is -0.535. The molecule has 0 saturated carbocycles. The zero-order valence-electron chi connectivity index (χ0n) is 15.5. The molecule has 0 saturated heterocycles. The van der Waals surface area contributed by atoms with Crippen LogP contribution in [0.15, 0.2) is 42.7 Å². The van der Waals surface area contributed by atoms with Gasteiger partial charge in [-0.15, -0.1) is 0 Å². The van der Waals surface area contributed by atoms with Gasteiger partial charge >= 0.3 is 5.69 Å². The first-order chi connectivity index (χ1) is 13.4. The SMILES string of the molecule is COc1ccc(Cl)cc1Nc1ncnc(Nc2cccc(C)c2C)c1[N+](=O)[O-]. The molecule has 28 heavy (non-hydrogen) atoms. The van der Waals surface area contributed by atoms with Gasteiger partial charge in [0.05, 0.1) is 17.7 Å². The topological polar surface area (TPSA) is 102 Å². The molecule has 0 atom stereocenters. The average Bonchev–Trinajstić information content (AvgIpc) is 2.65. The third-order valence-corrected chi connectivity index (χ3v) is 4.51. The molecule has 1 aromatic heterocycles. The van der Waals surface area contributed by atoms with Crippen LogP contribution in [0.3, 0.4) is 0 Å². The number of aryl methyl sites for hydroxylation is 1. The highest BCUT2D eigenvalue weighted by Gasteiger charge is 2.24. The minimum absolute atomic E-state index is 0.0216. The highest BCUT2D eigenvalue weighted by Crippen LogP contribution is 2.37. The lowest BCUT2D eigenvalue weighted by Gasteiger charge is -2.14. The smallest absolute Gasteiger partial charge is 0.353 e. The van der Waals surface area contributed by atoms with Gasteiger partial charge in [0.25, 0.3) is 0 Å².